The standard InChI is InChI=1S/C19H18ClN3O/c1-13-5-3-4-6-15(13)11-22-12-16(10-21)19(24)23-17-8-7-14(2)18(20)9-17/h3-9,12,22H,11H2,1-2H3,(H,23,24)/b16-12-. The lowest BCUT2D eigenvalue weighted by Crippen LogP contribution is -2.16. The minimum atomic E-state index is -0.477. The zero-order valence-electron chi connectivity index (χ0n) is 13.6. The van der Waals surface area contributed by atoms with Crippen LogP contribution in [0.4, 0.5) is 5.69 Å². The van der Waals surface area contributed by atoms with Crippen molar-refractivity contribution < 1.29 is 4.79 Å². The monoisotopic (exact) mass is 339 g/mol. The van der Waals surface area contributed by atoms with E-state index in [4.69, 9.17) is 11.6 Å². The van der Waals surface area contributed by atoms with E-state index in [-0.39, 0.29) is 5.57 Å². The van der Waals surface area contributed by atoms with Crippen molar-refractivity contribution >= 4 is 23.2 Å². The number of nitriles is 1. The van der Waals surface area contributed by atoms with E-state index in [2.05, 4.69) is 10.6 Å². The Morgan fingerprint density at radius 2 is 1.96 bits per heavy atom. The number of benzene rings is 2. The van der Waals surface area contributed by atoms with E-state index in [1.165, 1.54) is 6.20 Å². The van der Waals surface area contributed by atoms with Gasteiger partial charge in [-0.1, -0.05) is 41.9 Å². The Labute approximate surface area is 146 Å². The smallest absolute Gasteiger partial charge is 0.267 e. The van der Waals surface area contributed by atoms with Gasteiger partial charge in [-0.3, -0.25) is 4.79 Å². The number of hydrogen-bond donors (Lipinski definition) is 2. The SMILES string of the molecule is Cc1ccc(NC(=O)/C(C#N)=C\NCc2ccccc2C)cc1Cl. The molecule has 0 fully saturated rings. The molecule has 0 atom stereocenters. The largest absolute Gasteiger partial charge is 0.386 e. The van der Waals surface area contributed by atoms with Gasteiger partial charge in [-0.2, -0.15) is 5.26 Å². The van der Waals surface area contributed by atoms with Crippen LogP contribution >= 0.6 is 11.6 Å². The first-order valence-corrected chi connectivity index (χ1v) is 7.84. The second-order valence-electron chi connectivity index (χ2n) is 5.40. The number of carbonyl (C=O) groups is 1. The number of anilines is 1. The second-order valence-corrected chi connectivity index (χ2v) is 5.80. The van der Waals surface area contributed by atoms with Crippen LogP contribution in [0.2, 0.25) is 5.02 Å². The highest BCUT2D eigenvalue weighted by Gasteiger charge is 2.10. The van der Waals surface area contributed by atoms with Crippen LogP contribution < -0.4 is 10.6 Å². The van der Waals surface area contributed by atoms with Crippen LogP contribution in [0, 0.1) is 25.2 Å². The van der Waals surface area contributed by atoms with Crippen LogP contribution in [0.15, 0.2) is 54.2 Å². The molecule has 5 heteroatoms. The van der Waals surface area contributed by atoms with E-state index in [1.54, 1.807) is 12.1 Å². The zero-order chi connectivity index (χ0) is 17.5. The normalized spacial score (nSPS) is 10.8. The molecule has 0 aromatic heterocycles. The average Bonchev–Trinajstić information content (AvgIpc) is 2.56. The molecule has 0 aliphatic carbocycles. The summed E-state index contributed by atoms with van der Waals surface area (Å²) >= 11 is 6.03. The van der Waals surface area contributed by atoms with Crippen LogP contribution in [0.25, 0.3) is 0 Å². The fraction of sp³-hybridized carbons (Fsp3) is 0.158. The van der Waals surface area contributed by atoms with E-state index in [0.29, 0.717) is 17.3 Å². The summed E-state index contributed by atoms with van der Waals surface area (Å²) in [5.74, 6) is -0.477. The fourth-order valence-corrected chi connectivity index (χ4v) is 2.27. The van der Waals surface area contributed by atoms with Crippen LogP contribution in [-0.4, -0.2) is 5.91 Å². The van der Waals surface area contributed by atoms with Crippen molar-refractivity contribution in [1.82, 2.24) is 5.32 Å². The molecule has 0 bridgehead atoms. The summed E-state index contributed by atoms with van der Waals surface area (Å²) in [7, 11) is 0. The molecule has 0 unspecified atom stereocenters. The first-order chi connectivity index (χ1) is 11.5. The Balaban J connectivity index is 2.01. The van der Waals surface area contributed by atoms with Crippen molar-refractivity contribution in [2.24, 2.45) is 0 Å². The third-order valence-corrected chi connectivity index (χ3v) is 4.00. The Kier molecular flexibility index (Phi) is 6.00. The molecule has 2 aromatic carbocycles. The van der Waals surface area contributed by atoms with Crippen LogP contribution in [0.5, 0.6) is 0 Å². The Morgan fingerprint density at radius 1 is 1.21 bits per heavy atom. The van der Waals surface area contributed by atoms with Gasteiger partial charge in [-0.05, 0) is 42.7 Å². The van der Waals surface area contributed by atoms with Gasteiger partial charge in [-0.25, -0.2) is 0 Å². The number of nitrogens with zero attached hydrogens (tertiary/aromatic N) is 1. The van der Waals surface area contributed by atoms with Gasteiger partial charge in [0.1, 0.15) is 11.6 Å². The molecule has 1 amide bonds. The number of nitrogens with one attached hydrogen (secondary N) is 2. The molecule has 0 aliphatic heterocycles. The van der Waals surface area contributed by atoms with Gasteiger partial charge in [0.05, 0.1) is 0 Å². The highest BCUT2D eigenvalue weighted by Crippen LogP contribution is 2.20. The minimum Gasteiger partial charge on any atom is -0.386 e. The maximum atomic E-state index is 12.2. The van der Waals surface area contributed by atoms with Crippen LogP contribution in [-0.2, 0) is 11.3 Å². The first kappa shape index (κ1) is 17.6. The fourth-order valence-electron chi connectivity index (χ4n) is 2.09. The molecule has 4 nitrogen and oxygen atoms in total. The van der Waals surface area contributed by atoms with Crippen LogP contribution in [0.3, 0.4) is 0 Å². The topological polar surface area (TPSA) is 64.9 Å². The van der Waals surface area contributed by atoms with Gasteiger partial charge < -0.3 is 10.6 Å². The predicted molar refractivity (Wildman–Crippen MR) is 96.5 cm³/mol. The molecule has 2 rings (SSSR count). The van der Waals surface area contributed by atoms with Gasteiger partial charge in [0.15, 0.2) is 0 Å². The van der Waals surface area contributed by atoms with Gasteiger partial charge in [0.25, 0.3) is 5.91 Å². The number of amides is 1. The Hall–Kier alpha value is -2.77. The maximum Gasteiger partial charge on any atom is 0.267 e. The maximum absolute atomic E-state index is 12.2. The molecule has 2 N–H and O–H groups in total. The lowest BCUT2D eigenvalue weighted by Gasteiger charge is -2.08. The zero-order valence-corrected chi connectivity index (χ0v) is 14.3. The molecule has 0 radical (unpaired) electrons. The highest BCUT2D eigenvalue weighted by molar-refractivity contribution is 6.31. The van der Waals surface area contributed by atoms with E-state index in [9.17, 15) is 10.1 Å². The minimum absolute atomic E-state index is 0.000261. The molecule has 0 saturated carbocycles. The number of halogens is 1. The van der Waals surface area contributed by atoms with E-state index in [0.717, 1.165) is 16.7 Å². The van der Waals surface area contributed by atoms with E-state index < -0.39 is 5.91 Å². The number of aryl methyl sites for hydroxylation is 2. The van der Waals surface area contributed by atoms with Crippen molar-refractivity contribution in [3.05, 3.63) is 76.0 Å². The summed E-state index contributed by atoms with van der Waals surface area (Å²) in [6.45, 7) is 4.44. The lowest BCUT2D eigenvalue weighted by atomic mass is 10.1. The Bertz CT molecular complexity index is 822. The van der Waals surface area contributed by atoms with Gasteiger partial charge in [-0.15, -0.1) is 0 Å². The summed E-state index contributed by atoms with van der Waals surface area (Å²) in [5, 5.41) is 15.4. The molecule has 0 aliphatic rings. The number of hydrogen-bond acceptors (Lipinski definition) is 3. The molecule has 24 heavy (non-hydrogen) atoms. The molecule has 0 saturated heterocycles. The third kappa shape index (κ3) is 4.61. The molecular weight excluding hydrogens is 322 g/mol. The van der Waals surface area contributed by atoms with Gasteiger partial charge in [0.2, 0.25) is 0 Å². The summed E-state index contributed by atoms with van der Waals surface area (Å²) in [5.41, 5.74) is 3.73. The Morgan fingerprint density at radius 3 is 2.62 bits per heavy atom. The lowest BCUT2D eigenvalue weighted by molar-refractivity contribution is -0.112. The summed E-state index contributed by atoms with van der Waals surface area (Å²) < 4.78 is 0. The summed E-state index contributed by atoms with van der Waals surface area (Å²) in [4.78, 5) is 12.2. The van der Waals surface area contributed by atoms with E-state index >= 15 is 0 Å². The number of rotatable bonds is 5. The van der Waals surface area contributed by atoms with Gasteiger partial charge >= 0.3 is 0 Å². The molecule has 122 valence electrons. The summed E-state index contributed by atoms with van der Waals surface area (Å²) in [6, 6.07) is 15.0. The second kappa shape index (κ2) is 8.19. The van der Waals surface area contributed by atoms with Crippen LogP contribution in [0.1, 0.15) is 16.7 Å². The van der Waals surface area contributed by atoms with E-state index in [1.807, 2.05) is 50.2 Å². The van der Waals surface area contributed by atoms with Gasteiger partial charge in [0, 0.05) is 23.5 Å². The summed E-state index contributed by atoms with van der Waals surface area (Å²) in [6.07, 6.45) is 1.43. The van der Waals surface area contributed by atoms with Crippen molar-refractivity contribution in [3.8, 4) is 6.07 Å². The quantitative estimate of drug-likeness (QED) is 0.637. The average molecular weight is 340 g/mol. The van der Waals surface area contributed by atoms with Crippen molar-refractivity contribution in [2.45, 2.75) is 20.4 Å². The third-order valence-electron chi connectivity index (χ3n) is 3.59. The number of carbonyl (C=O) groups excluding carboxylic acids is 1. The van der Waals surface area contributed by atoms with Crippen molar-refractivity contribution in [3.63, 3.8) is 0 Å². The predicted octanol–water partition coefficient (Wildman–Crippen LogP) is 4.09. The van der Waals surface area contributed by atoms with Crippen molar-refractivity contribution in [1.29, 1.82) is 5.26 Å². The molecular formula is C19H18ClN3O. The molecule has 0 spiro atoms. The first-order valence-electron chi connectivity index (χ1n) is 7.47. The molecule has 0 heterocycles. The molecule has 2 aromatic rings. The van der Waals surface area contributed by atoms with Crippen molar-refractivity contribution in [2.75, 3.05) is 5.32 Å². The highest BCUT2D eigenvalue weighted by atomic mass is 35.5.